The molecule has 1 aromatic heterocycles. The van der Waals surface area contributed by atoms with E-state index in [9.17, 15) is 0 Å². The van der Waals surface area contributed by atoms with Crippen LogP contribution < -0.4 is 0 Å². The van der Waals surface area contributed by atoms with Crippen LogP contribution in [0.5, 0.6) is 0 Å². The maximum absolute atomic E-state index is 4.44. The Morgan fingerprint density at radius 3 is 2.71 bits per heavy atom. The van der Waals surface area contributed by atoms with Crippen LogP contribution in [0.4, 0.5) is 0 Å². The molecule has 1 heterocycles. The first-order chi connectivity index (χ1) is 11.5. The zero-order chi connectivity index (χ0) is 17.5. The van der Waals surface area contributed by atoms with Crippen molar-refractivity contribution in [1.82, 2.24) is 9.78 Å². The third-order valence-electron chi connectivity index (χ3n) is 4.35. The van der Waals surface area contributed by atoms with Crippen LogP contribution in [0.2, 0.25) is 0 Å². The van der Waals surface area contributed by atoms with Crippen molar-refractivity contribution < 1.29 is 0 Å². The summed E-state index contributed by atoms with van der Waals surface area (Å²) in [5, 5.41) is 4.44. The van der Waals surface area contributed by atoms with Crippen LogP contribution in [0, 0.1) is 0 Å². The average molecular weight is 324 g/mol. The molecule has 4 nitrogen and oxygen atoms in total. The molecule has 0 bridgehead atoms. The minimum absolute atomic E-state index is 0.780. The van der Waals surface area contributed by atoms with E-state index >= 15 is 0 Å². The molecule has 0 amide bonds. The van der Waals surface area contributed by atoms with E-state index < -0.39 is 0 Å². The summed E-state index contributed by atoms with van der Waals surface area (Å²) in [5.41, 5.74) is 6.31. The minimum atomic E-state index is 0.780. The van der Waals surface area contributed by atoms with Gasteiger partial charge in [-0.3, -0.25) is 9.67 Å². The predicted molar refractivity (Wildman–Crippen MR) is 104 cm³/mol. The van der Waals surface area contributed by atoms with Gasteiger partial charge in [-0.05, 0) is 75.3 Å². The molecule has 2 rings (SSSR count). The molecule has 0 N–H and O–H groups in total. The maximum atomic E-state index is 4.44. The molecule has 0 radical (unpaired) electrons. The molecule has 0 spiro atoms. The fraction of sp³-hybridized carbons (Fsp3) is 0.450. The normalized spacial score (nSPS) is 17.5. The summed E-state index contributed by atoms with van der Waals surface area (Å²) in [5.74, 6) is 0.780. The zero-order valence-electron chi connectivity index (χ0n) is 15.5. The third kappa shape index (κ3) is 4.63. The Morgan fingerprint density at radius 2 is 2.12 bits per heavy atom. The lowest BCUT2D eigenvalue weighted by molar-refractivity contribution is 0.660. The molecule has 1 aromatic rings. The van der Waals surface area contributed by atoms with E-state index in [0.717, 1.165) is 23.5 Å². The molecule has 24 heavy (non-hydrogen) atoms. The Bertz CT molecular complexity index is 727. The fourth-order valence-corrected chi connectivity index (χ4v) is 2.79. The highest BCUT2D eigenvalue weighted by atomic mass is 15.3. The lowest BCUT2D eigenvalue weighted by Gasteiger charge is -2.09. The van der Waals surface area contributed by atoms with E-state index in [1.807, 2.05) is 24.0 Å². The van der Waals surface area contributed by atoms with Crippen LogP contribution in [0.3, 0.4) is 0 Å². The maximum Gasteiger partial charge on any atom is 0.119 e. The van der Waals surface area contributed by atoms with Crippen LogP contribution in [0.25, 0.3) is 5.57 Å². The van der Waals surface area contributed by atoms with E-state index in [4.69, 9.17) is 0 Å². The van der Waals surface area contributed by atoms with Crippen molar-refractivity contribution in [3.63, 3.8) is 0 Å². The first kappa shape index (κ1) is 18.1. The molecule has 0 saturated carbocycles. The highest BCUT2D eigenvalue weighted by Gasteiger charge is 2.13. The van der Waals surface area contributed by atoms with Crippen molar-refractivity contribution >= 4 is 17.6 Å². The Labute approximate surface area is 145 Å². The SMILES string of the molecule is CCn1cc(C(/C=C(\C)C=NC(C)=NC)=C(/C)C2=CCCC2)cn1. The van der Waals surface area contributed by atoms with E-state index in [-0.39, 0.29) is 0 Å². The molecular weight excluding hydrogens is 296 g/mol. The van der Waals surface area contributed by atoms with E-state index in [0.29, 0.717) is 0 Å². The molecule has 0 aromatic carbocycles. The summed E-state index contributed by atoms with van der Waals surface area (Å²) >= 11 is 0. The third-order valence-corrected chi connectivity index (χ3v) is 4.35. The second-order valence-electron chi connectivity index (χ2n) is 6.16. The number of hydrogen-bond donors (Lipinski definition) is 0. The quantitative estimate of drug-likeness (QED) is 0.433. The summed E-state index contributed by atoms with van der Waals surface area (Å²) in [4.78, 5) is 8.43. The summed E-state index contributed by atoms with van der Waals surface area (Å²) < 4.78 is 1.97. The standard InChI is InChI=1S/C20H28N4/c1-6-24-14-19(13-23-24)20(16(3)18-9-7-8-10-18)11-15(2)12-22-17(4)21-5/h9,11-14H,6-8,10H2,1-5H3/b15-11+,20-16-,21-17?,22-12?. The number of amidine groups is 1. The van der Waals surface area contributed by atoms with Crippen LogP contribution in [-0.2, 0) is 6.54 Å². The van der Waals surface area contributed by atoms with Gasteiger partial charge in [-0.15, -0.1) is 0 Å². The van der Waals surface area contributed by atoms with Gasteiger partial charge in [-0.2, -0.15) is 5.10 Å². The molecule has 1 aliphatic rings. The second kappa shape index (κ2) is 8.57. The minimum Gasteiger partial charge on any atom is -0.274 e. The van der Waals surface area contributed by atoms with Crippen molar-refractivity contribution in [2.75, 3.05) is 7.05 Å². The highest BCUT2D eigenvalue weighted by Crippen LogP contribution is 2.31. The molecule has 0 aliphatic heterocycles. The Hall–Kier alpha value is -2.23. The lowest BCUT2D eigenvalue weighted by atomic mass is 9.95. The van der Waals surface area contributed by atoms with E-state index in [1.165, 1.54) is 36.0 Å². The molecule has 0 atom stereocenters. The van der Waals surface area contributed by atoms with E-state index in [2.05, 4.69) is 54.2 Å². The lowest BCUT2D eigenvalue weighted by Crippen LogP contribution is -1.94. The number of aromatic nitrogens is 2. The summed E-state index contributed by atoms with van der Waals surface area (Å²) in [6.07, 6.45) is 14.1. The van der Waals surface area contributed by atoms with Gasteiger partial charge in [0.1, 0.15) is 5.84 Å². The van der Waals surface area contributed by atoms with Gasteiger partial charge < -0.3 is 0 Å². The van der Waals surface area contributed by atoms with Crippen LogP contribution in [0.1, 0.15) is 52.5 Å². The smallest absolute Gasteiger partial charge is 0.119 e. The number of aryl methyl sites for hydroxylation is 1. The van der Waals surface area contributed by atoms with Crippen molar-refractivity contribution in [2.24, 2.45) is 9.98 Å². The predicted octanol–water partition coefficient (Wildman–Crippen LogP) is 4.85. The Kier molecular flexibility index (Phi) is 6.47. The largest absolute Gasteiger partial charge is 0.274 e. The Morgan fingerprint density at radius 1 is 1.33 bits per heavy atom. The van der Waals surface area contributed by atoms with Crippen molar-refractivity contribution in [1.29, 1.82) is 0 Å². The summed E-state index contributed by atoms with van der Waals surface area (Å²) in [7, 11) is 1.76. The molecule has 4 heteroatoms. The van der Waals surface area contributed by atoms with Gasteiger partial charge in [0, 0.05) is 31.6 Å². The zero-order valence-corrected chi connectivity index (χ0v) is 15.5. The van der Waals surface area contributed by atoms with Crippen molar-refractivity contribution in [3.05, 3.63) is 46.8 Å². The van der Waals surface area contributed by atoms with Gasteiger partial charge in [0.2, 0.25) is 0 Å². The Balaban J connectivity index is 2.43. The highest BCUT2D eigenvalue weighted by molar-refractivity contribution is 5.95. The number of aliphatic imine (C=N–C) groups is 2. The number of nitrogens with zero attached hydrogens (tertiary/aromatic N) is 4. The first-order valence-corrected chi connectivity index (χ1v) is 8.64. The van der Waals surface area contributed by atoms with Gasteiger partial charge in [0.05, 0.1) is 6.20 Å². The van der Waals surface area contributed by atoms with Gasteiger partial charge in [-0.1, -0.05) is 6.08 Å². The van der Waals surface area contributed by atoms with Crippen LogP contribution in [-0.4, -0.2) is 28.9 Å². The molecule has 1 aliphatic carbocycles. The summed E-state index contributed by atoms with van der Waals surface area (Å²) in [6.45, 7) is 9.18. The van der Waals surface area contributed by atoms with Gasteiger partial charge in [-0.25, -0.2) is 4.99 Å². The number of rotatable bonds is 5. The number of allylic oxidation sites excluding steroid dienone is 6. The van der Waals surface area contributed by atoms with Crippen LogP contribution in [0.15, 0.2) is 51.2 Å². The van der Waals surface area contributed by atoms with Gasteiger partial charge in [0.15, 0.2) is 0 Å². The van der Waals surface area contributed by atoms with E-state index in [1.54, 1.807) is 7.05 Å². The van der Waals surface area contributed by atoms with Crippen LogP contribution >= 0.6 is 0 Å². The molecule has 128 valence electrons. The molecule has 0 saturated heterocycles. The second-order valence-corrected chi connectivity index (χ2v) is 6.16. The molecule has 0 unspecified atom stereocenters. The average Bonchev–Trinajstić information content (AvgIpc) is 3.28. The van der Waals surface area contributed by atoms with Gasteiger partial charge in [0.25, 0.3) is 0 Å². The molecule has 0 fully saturated rings. The number of hydrogen-bond acceptors (Lipinski definition) is 2. The topological polar surface area (TPSA) is 42.5 Å². The van der Waals surface area contributed by atoms with Crippen molar-refractivity contribution in [2.45, 2.75) is 53.5 Å². The fourth-order valence-electron chi connectivity index (χ4n) is 2.79. The molecular formula is C20H28N4. The van der Waals surface area contributed by atoms with Crippen molar-refractivity contribution in [3.8, 4) is 0 Å². The monoisotopic (exact) mass is 324 g/mol. The van der Waals surface area contributed by atoms with Gasteiger partial charge >= 0.3 is 0 Å². The first-order valence-electron chi connectivity index (χ1n) is 8.64. The summed E-state index contributed by atoms with van der Waals surface area (Å²) in [6, 6.07) is 0.